The predicted octanol–water partition coefficient (Wildman–Crippen LogP) is 3.61. The Balaban J connectivity index is 1.39. The molecule has 2 heteroatoms. The maximum absolute atomic E-state index is 11.9. The quantitative estimate of drug-likeness (QED) is 0.832. The van der Waals surface area contributed by atoms with Crippen LogP contribution in [0, 0.1) is 5.92 Å². The van der Waals surface area contributed by atoms with Gasteiger partial charge in [0.25, 0.3) is 5.91 Å². The van der Waals surface area contributed by atoms with Crippen molar-refractivity contribution in [2.45, 2.75) is 25.7 Å². The first-order valence-corrected chi connectivity index (χ1v) is 7.73. The van der Waals surface area contributed by atoms with Crippen molar-refractivity contribution >= 4 is 5.91 Å². The van der Waals surface area contributed by atoms with Crippen molar-refractivity contribution in [3.05, 3.63) is 71.3 Å². The summed E-state index contributed by atoms with van der Waals surface area (Å²) in [6.45, 7) is 0.764. The van der Waals surface area contributed by atoms with Gasteiger partial charge in [-0.2, -0.15) is 0 Å². The third kappa shape index (κ3) is 3.52. The molecular weight excluding hydrogens is 258 g/mol. The Morgan fingerprint density at radius 3 is 2.24 bits per heavy atom. The summed E-state index contributed by atoms with van der Waals surface area (Å²) in [5.41, 5.74) is 3.76. The highest BCUT2D eigenvalue weighted by Crippen LogP contribution is 2.29. The van der Waals surface area contributed by atoms with Gasteiger partial charge in [-0.25, -0.2) is 0 Å². The number of benzene rings is 2. The molecule has 21 heavy (non-hydrogen) atoms. The minimum Gasteiger partial charge on any atom is -0.352 e. The molecule has 1 amide bonds. The zero-order valence-electron chi connectivity index (χ0n) is 12.2. The molecule has 0 heterocycles. The van der Waals surface area contributed by atoms with Crippen molar-refractivity contribution in [1.29, 1.82) is 0 Å². The van der Waals surface area contributed by atoms with Gasteiger partial charge in [-0.05, 0) is 54.9 Å². The Hall–Kier alpha value is -2.09. The maximum atomic E-state index is 11.9. The van der Waals surface area contributed by atoms with E-state index in [1.165, 1.54) is 30.4 Å². The monoisotopic (exact) mass is 279 g/mol. The first-order valence-electron chi connectivity index (χ1n) is 7.73. The molecule has 1 aliphatic carbocycles. The molecule has 1 N–H and O–H groups in total. The van der Waals surface area contributed by atoms with Crippen LogP contribution in [0.4, 0.5) is 0 Å². The second kappa shape index (κ2) is 6.57. The van der Waals surface area contributed by atoms with E-state index < -0.39 is 0 Å². The van der Waals surface area contributed by atoms with Gasteiger partial charge >= 0.3 is 0 Å². The van der Waals surface area contributed by atoms with Crippen molar-refractivity contribution < 1.29 is 4.79 Å². The van der Waals surface area contributed by atoms with Crippen molar-refractivity contribution in [3.63, 3.8) is 0 Å². The fourth-order valence-corrected chi connectivity index (χ4v) is 3.14. The van der Waals surface area contributed by atoms with Gasteiger partial charge < -0.3 is 5.32 Å². The van der Waals surface area contributed by atoms with Crippen molar-refractivity contribution in [2.75, 3.05) is 6.54 Å². The molecule has 0 atom stereocenters. The summed E-state index contributed by atoms with van der Waals surface area (Å²) in [6, 6.07) is 18.2. The highest BCUT2D eigenvalue weighted by molar-refractivity contribution is 5.94. The van der Waals surface area contributed by atoms with Crippen LogP contribution in [0.1, 0.15) is 34.3 Å². The van der Waals surface area contributed by atoms with Crippen molar-refractivity contribution in [1.82, 2.24) is 5.32 Å². The minimum atomic E-state index is 0.0327. The van der Waals surface area contributed by atoms with E-state index in [-0.39, 0.29) is 5.91 Å². The first kappa shape index (κ1) is 13.9. The Labute approximate surface area is 126 Å². The number of hydrogen-bond donors (Lipinski definition) is 1. The molecule has 0 spiro atoms. The van der Waals surface area contributed by atoms with E-state index in [0.717, 1.165) is 24.4 Å². The van der Waals surface area contributed by atoms with Crippen LogP contribution in [0.25, 0.3) is 0 Å². The molecule has 1 aliphatic rings. The van der Waals surface area contributed by atoms with Crippen LogP contribution < -0.4 is 5.32 Å². The summed E-state index contributed by atoms with van der Waals surface area (Å²) in [6.07, 6.45) is 4.63. The minimum absolute atomic E-state index is 0.0327. The molecule has 2 aromatic rings. The first-order chi connectivity index (χ1) is 10.3. The molecule has 2 aromatic carbocycles. The third-order valence-corrected chi connectivity index (χ3v) is 4.25. The summed E-state index contributed by atoms with van der Waals surface area (Å²) in [7, 11) is 0. The highest BCUT2D eigenvalue weighted by Gasteiger charge is 2.20. The molecule has 2 nitrogen and oxygen atoms in total. The van der Waals surface area contributed by atoms with Crippen LogP contribution in [0.3, 0.4) is 0 Å². The van der Waals surface area contributed by atoms with E-state index in [0.29, 0.717) is 0 Å². The fraction of sp³-hybridized carbons (Fsp3) is 0.316. The average molecular weight is 279 g/mol. The largest absolute Gasteiger partial charge is 0.352 e. The van der Waals surface area contributed by atoms with Gasteiger partial charge in [0.15, 0.2) is 0 Å². The third-order valence-electron chi connectivity index (χ3n) is 4.25. The molecular formula is C19H21NO. The topological polar surface area (TPSA) is 29.1 Å². The summed E-state index contributed by atoms with van der Waals surface area (Å²) in [5.74, 6) is 0.779. The van der Waals surface area contributed by atoms with E-state index >= 15 is 0 Å². The number of hydrogen-bond acceptors (Lipinski definition) is 1. The number of rotatable bonds is 5. The highest BCUT2D eigenvalue weighted by atomic mass is 16.1. The predicted molar refractivity (Wildman–Crippen MR) is 85.3 cm³/mol. The average Bonchev–Trinajstić information content (AvgIpc) is 2.95. The van der Waals surface area contributed by atoms with Crippen LogP contribution >= 0.6 is 0 Å². The van der Waals surface area contributed by atoms with E-state index in [1.807, 2.05) is 30.3 Å². The Morgan fingerprint density at radius 2 is 1.57 bits per heavy atom. The van der Waals surface area contributed by atoms with Crippen LogP contribution in [0.2, 0.25) is 0 Å². The van der Waals surface area contributed by atoms with E-state index in [9.17, 15) is 4.79 Å². The van der Waals surface area contributed by atoms with Gasteiger partial charge in [-0.15, -0.1) is 0 Å². The molecule has 3 rings (SSSR count). The molecule has 0 radical (unpaired) electrons. The normalized spacial score (nSPS) is 13.9. The van der Waals surface area contributed by atoms with E-state index in [1.54, 1.807) is 0 Å². The molecule has 0 aliphatic heterocycles. The summed E-state index contributed by atoms with van der Waals surface area (Å²) in [5, 5.41) is 3.01. The Kier molecular flexibility index (Phi) is 4.34. The summed E-state index contributed by atoms with van der Waals surface area (Å²) < 4.78 is 0. The zero-order valence-corrected chi connectivity index (χ0v) is 12.2. The second-order valence-electron chi connectivity index (χ2n) is 5.81. The SMILES string of the molecule is O=C(NCCCC1Cc2ccccc2C1)c1ccccc1. The van der Waals surface area contributed by atoms with Crippen LogP contribution in [0.15, 0.2) is 54.6 Å². The lowest BCUT2D eigenvalue weighted by Gasteiger charge is -2.09. The van der Waals surface area contributed by atoms with Gasteiger partial charge in [0.05, 0.1) is 0 Å². The number of nitrogens with one attached hydrogen (secondary N) is 1. The second-order valence-corrected chi connectivity index (χ2v) is 5.81. The van der Waals surface area contributed by atoms with E-state index in [2.05, 4.69) is 29.6 Å². The number of carbonyl (C=O) groups is 1. The summed E-state index contributed by atoms with van der Waals surface area (Å²) >= 11 is 0. The van der Waals surface area contributed by atoms with Crippen molar-refractivity contribution in [2.24, 2.45) is 5.92 Å². The van der Waals surface area contributed by atoms with Gasteiger partial charge in [-0.3, -0.25) is 4.79 Å². The van der Waals surface area contributed by atoms with Gasteiger partial charge in [0.1, 0.15) is 0 Å². The standard InChI is InChI=1S/C19H21NO/c21-19(16-8-2-1-3-9-16)20-12-6-7-15-13-17-10-4-5-11-18(17)14-15/h1-5,8-11,15H,6-7,12-14H2,(H,20,21). The lowest BCUT2D eigenvalue weighted by atomic mass is 10.0. The number of fused-ring (bicyclic) bond motifs is 1. The molecule has 0 saturated heterocycles. The van der Waals surface area contributed by atoms with Gasteiger partial charge in [0, 0.05) is 12.1 Å². The molecule has 0 bridgehead atoms. The smallest absolute Gasteiger partial charge is 0.251 e. The Morgan fingerprint density at radius 1 is 0.952 bits per heavy atom. The van der Waals surface area contributed by atoms with Crippen LogP contribution in [-0.2, 0) is 12.8 Å². The molecule has 0 unspecified atom stereocenters. The maximum Gasteiger partial charge on any atom is 0.251 e. The zero-order chi connectivity index (χ0) is 14.5. The lowest BCUT2D eigenvalue weighted by Crippen LogP contribution is -2.24. The molecule has 0 saturated carbocycles. The number of carbonyl (C=O) groups excluding carboxylic acids is 1. The van der Waals surface area contributed by atoms with Crippen LogP contribution in [0.5, 0.6) is 0 Å². The van der Waals surface area contributed by atoms with Crippen molar-refractivity contribution in [3.8, 4) is 0 Å². The molecule has 0 aromatic heterocycles. The summed E-state index contributed by atoms with van der Waals surface area (Å²) in [4.78, 5) is 11.9. The Bertz CT molecular complexity index is 581. The molecule has 0 fully saturated rings. The van der Waals surface area contributed by atoms with Crippen LogP contribution in [-0.4, -0.2) is 12.5 Å². The van der Waals surface area contributed by atoms with Gasteiger partial charge in [0.2, 0.25) is 0 Å². The lowest BCUT2D eigenvalue weighted by molar-refractivity contribution is 0.0952. The fourth-order valence-electron chi connectivity index (χ4n) is 3.14. The van der Waals surface area contributed by atoms with E-state index in [4.69, 9.17) is 0 Å². The number of amides is 1. The van der Waals surface area contributed by atoms with Gasteiger partial charge in [-0.1, -0.05) is 42.5 Å². The molecule has 108 valence electrons.